The third-order valence-corrected chi connectivity index (χ3v) is 5.50. The molecule has 4 aromatic rings. The van der Waals surface area contributed by atoms with Gasteiger partial charge in [0.15, 0.2) is 10.8 Å². The standard InChI is InChI=1S/C21H18N4O2S/c1-13-14(2)28-21(22-13)23-19(26)18-16-10-6-7-11-17(16)20(27)25(24-18)12-15-8-4-3-5-9-15/h3-11H,12H2,1-2H3,(H,22,23,26). The van der Waals surface area contributed by atoms with Crippen LogP contribution in [0.3, 0.4) is 0 Å². The molecule has 0 unspecified atom stereocenters. The predicted molar refractivity (Wildman–Crippen MR) is 111 cm³/mol. The summed E-state index contributed by atoms with van der Waals surface area (Å²) in [6.07, 6.45) is 0. The van der Waals surface area contributed by atoms with Crippen molar-refractivity contribution < 1.29 is 4.79 Å². The summed E-state index contributed by atoms with van der Waals surface area (Å²) in [6.45, 7) is 4.14. The van der Waals surface area contributed by atoms with Crippen LogP contribution in [0.2, 0.25) is 0 Å². The Balaban J connectivity index is 1.79. The van der Waals surface area contributed by atoms with Gasteiger partial charge in [-0.05, 0) is 25.5 Å². The Morgan fingerprint density at radius 3 is 2.39 bits per heavy atom. The number of carbonyl (C=O) groups excluding carboxylic acids is 1. The third kappa shape index (κ3) is 3.44. The van der Waals surface area contributed by atoms with Crippen LogP contribution in [0, 0.1) is 13.8 Å². The minimum absolute atomic E-state index is 0.205. The lowest BCUT2D eigenvalue weighted by molar-refractivity contribution is 0.102. The van der Waals surface area contributed by atoms with Gasteiger partial charge in [-0.25, -0.2) is 9.67 Å². The summed E-state index contributed by atoms with van der Waals surface area (Å²) < 4.78 is 1.34. The number of nitrogens with zero attached hydrogens (tertiary/aromatic N) is 3. The second kappa shape index (κ2) is 7.36. The quantitative estimate of drug-likeness (QED) is 0.575. The predicted octanol–water partition coefficient (Wildman–Crippen LogP) is 3.77. The Bertz CT molecular complexity index is 1210. The Hall–Kier alpha value is -3.32. The monoisotopic (exact) mass is 390 g/mol. The molecule has 4 rings (SSSR count). The number of aryl methyl sites for hydroxylation is 2. The van der Waals surface area contributed by atoms with Crippen molar-refractivity contribution in [1.82, 2.24) is 14.8 Å². The molecule has 0 spiro atoms. The maximum atomic E-state index is 12.9. The highest BCUT2D eigenvalue weighted by molar-refractivity contribution is 7.15. The summed E-state index contributed by atoms with van der Waals surface area (Å²) in [5, 5.41) is 8.71. The summed E-state index contributed by atoms with van der Waals surface area (Å²) in [7, 11) is 0. The zero-order valence-electron chi connectivity index (χ0n) is 15.5. The highest BCUT2D eigenvalue weighted by Gasteiger charge is 2.18. The number of carbonyl (C=O) groups is 1. The number of thiazole rings is 1. The van der Waals surface area contributed by atoms with E-state index in [1.165, 1.54) is 16.0 Å². The maximum absolute atomic E-state index is 12.9. The molecule has 0 radical (unpaired) electrons. The average Bonchev–Trinajstić information content (AvgIpc) is 3.01. The van der Waals surface area contributed by atoms with Crippen molar-refractivity contribution in [1.29, 1.82) is 0 Å². The third-order valence-electron chi connectivity index (χ3n) is 4.51. The summed E-state index contributed by atoms with van der Waals surface area (Å²) in [5.74, 6) is -0.383. The first kappa shape index (κ1) is 18.1. The summed E-state index contributed by atoms with van der Waals surface area (Å²) in [5.41, 5.74) is 1.80. The van der Waals surface area contributed by atoms with E-state index in [-0.39, 0.29) is 17.2 Å². The lowest BCUT2D eigenvalue weighted by Gasteiger charge is -2.10. The molecule has 0 saturated carbocycles. The van der Waals surface area contributed by atoms with Crippen molar-refractivity contribution in [2.75, 3.05) is 5.32 Å². The minimum Gasteiger partial charge on any atom is -0.296 e. The molecule has 28 heavy (non-hydrogen) atoms. The molecule has 0 fully saturated rings. The van der Waals surface area contributed by atoms with E-state index in [4.69, 9.17) is 0 Å². The van der Waals surface area contributed by atoms with Crippen molar-refractivity contribution in [3.63, 3.8) is 0 Å². The number of rotatable bonds is 4. The average molecular weight is 390 g/mol. The number of aromatic nitrogens is 3. The number of hydrogen-bond acceptors (Lipinski definition) is 5. The van der Waals surface area contributed by atoms with Crippen LogP contribution in [0.4, 0.5) is 5.13 Å². The number of amides is 1. The fraction of sp³-hybridized carbons (Fsp3) is 0.143. The van der Waals surface area contributed by atoms with E-state index in [2.05, 4.69) is 15.4 Å². The number of nitrogens with one attached hydrogen (secondary N) is 1. The molecule has 2 heterocycles. The summed E-state index contributed by atoms with van der Waals surface area (Å²) in [6, 6.07) is 16.6. The van der Waals surface area contributed by atoms with Gasteiger partial charge in [-0.2, -0.15) is 5.10 Å². The molecule has 2 aromatic carbocycles. The second-order valence-corrected chi connectivity index (χ2v) is 7.66. The molecular formula is C21H18N4O2S. The van der Waals surface area contributed by atoms with Crippen LogP contribution >= 0.6 is 11.3 Å². The minimum atomic E-state index is -0.383. The van der Waals surface area contributed by atoms with Gasteiger partial charge >= 0.3 is 0 Å². The van der Waals surface area contributed by atoms with E-state index in [9.17, 15) is 9.59 Å². The van der Waals surface area contributed by atoms with E-state index in [1.807, 2.05) is 44.2 Å². The molecule has 0 aliphatic heterocycles. The molecule has 0 aliphatic rings. The molecule has 0 atom stereocenters. The number of benzene rings is 2. The lowest BCUT2D eigenvalue weighted by Crippen LogP contribution is -2.28. The van der Waals surface area contributed by atoms with Crippen molar-refractivity contribution >= 4 is 33.1 Å². The lowest BCUT2D eigenvalue weighted by atomic mass is 10.1. The van der Waals surface area contributed by atoms with Gasteiger partial charge in [-0.3, -0.25) is 14.9 Å². The van der Waals surface area contributed by atoms with Gasteiger partial charge in [0.2, 0.25) is 0 Å². The molecule has 0 aliphatic carbocycles. The number of anilines is 1. The second-order valence-electron chi connectivity index (χ2n) is 6.46. The smallest absolute Gasteiger partial charge is 0.278 e. The first-order valence-corrected chi connectivity index (χ1v) is 9.64. The van der Waals surface area contributed by atoms with Gasteiger partial charge in [0, 0.05) is 10.3 Å². The van der Waals surface area contributed by atoms with Crippen molar-refractivity contribution in [2.24, 2.45) is 0 Å². The number of hydrogen-bond donors (Lipinski definition) is 1. The molecule has 6 nitrogen and oxygen atoms in total. The molecule has 140 valence electrons. The SMILES string of the molecule is Cc1nc(NC(=O)c2nn(Cc3ccccc3)c(=O)c3ccccc23)sc1C. The van der Waals surface area contributed by atoms with Crippen LogP contribution < -0.4 is 10.9 Å². The van der Waals surface area contributed by atoms with Crippen LogP contribution in [0.25, 0.3) is 10.8 Å². The van der Waals surface area contributed by atoms with E-state index in [0.717, 1.165) is 16.1 Å². The summed E-state index contributed by atoms with van der Waals surface area (Å²) >= 11 is 1.41. The van der Waals surface area contributed by atoms with Crippen LogP contribution in [0.15, 0.2) is 59.4 Å². The Morgan fingerprint density at radius 1 is 1.04 bits per heavy atom. The first-order valence-electron chi connectivity index (χ1n) is 8.82. The van der Waals surface area contributed by atoms with Crippen molar-refractivity contribution in [2.45, 2.75) is 20.4 Å². The molecule has 1 amide bonds. The topological polar surface area (TPSA) is 76.9 Å². The Morgan fingerprint density at radius 2 is 1.71 bits per heavy atom. The fourth-order valence-electron chi connectivity index (χ4n) is 2.95. The van der Waals surface area contributed by atoms with Crippen LogP contribution in [-0.2, 0) is 6.54 Å². The Kier molecular flexibility index (Phi) is 4.75. The molecule has 0 bridgehead atoms. The van der Waals surface area contributed by atoms with Crippen molar-refractivity contribution in [3.8, 4) is 0 Å². The normalized spacial score (nSPS) is 10.9. The fourth-order valence-corrected chi connectivity index (χ4v) is 3.76. The largest absolute Gasteiger partial charge is 0.296 e. The van der Waals surface area contributed by atoms with Crippen LogP contribution in [0.1, 0.15) is 26.6 Å². The van der Waals surface area contributed by atoms with Crippen LogP contribution in [-0.4, -0.2) is 20.7 Å². The van der Waals surface area contributed by atoms with Crippen LogP contribution in [0.5, 0.6) is 0 Å². The van der Waals surface area contributed by atoms with Gasteiger partial charge in [0.25, 0.3) is 11.5 Å². The first-order chi connectivity index (χ1) is 13.5. The molecular weight excluding hydrogens is 372 g/mol. The van der Waals surface area contributed by atoms with Crippen molar-refractivity contribution in [3.05, 3.63) is 86.8 Å². The van der Waals surface area contributed by atoms with Gasteiger partial charge < -0.3 is 0 Å². The van der Waals surface area contributed by atoms with E-state index < -0.39 is 0 Å². The molecule has 0 saturated heterocycles. The van der Waals surface area contributed by atoms with Gasteiger partial charge in [0.05, 0.1) is 17.6 Å². The molecule has 2 aromatic heterocycles. The highest BCUT2D eigenvalue weighted by Crippen LogP contribution is 2.22. The summed E-state index contributed by atoms with van der Waals surface area (Å²) in [4.78, 5) is 31.2. The highest BCUT2D eigenvalue weighted by atomic mass is 32.1. The Labute approximate surface area is 165 Å². The van der Waals surface area contributed by atoms with Gasteiger partial charge in [0.1, 0.15) is 0 Å². The van der Waals surface area contributed by atoms with Gasteiger partial charge in [-0.15, -0.1) is 11.3 Å². The molecule has 1 N–H and O–H groups in total. The van der Waals surface area contributed by atoms with E-state index >= 15 is 0 Å². The number of fused-ring (bicyclic) bond motifs is 1. The van der Waals surface area contributed by atoms with E-state index in [1.54, 1.807) is 24.3 Å². The maximum Gasteiger partial charge on any atom is 0.278 e. The van der Waals surface area contributed by atoms with E-state index in [0.29, 0.717) is 22.4 Å². The molecule has 7 heteroatoms. The zero-order chi connectivity index (χ0) is 19.7. The van der Waals surface area contributed by atoms with Gasteiger partial charge in [-0.1, -0.05) is 48.5 Å². The zero-order valence-corrected chi connectivity index (χ0v) is 16.3.